The van der Waals surface area contributed by atoms with Gasteiger partial charge in [-0.1, -0.05) is 24.3 Å². The summed E-state index contributed by atoms with van der Waals surface area (Å²) in [5.41, 5.74) is 2.98. The molecule has 0 saturated carbocycles. The summed E-state index contributed by atoms with van der Waals surface area (Å²) in [4.78, 5) is 12.9. The molecule has 1 amide bonds. The van der Waals surface area contributed by atoms with Gasteiger partial charge in [0.15, 0.2) is 0 Å². The molecular formula is C22H28N2O4S. The lowest BCUT2D eigenvalue weighted by atomic mass is 9.89. The minimum atomic E-state index is -3.62. The zero-order chi connectivity index (χ0) is 21.4. The number of rotatable bonds is 5. The summed E-state index contributed by atoms with van der Waals surface area (Å²) in [5.74, 6) is 0.384. The Balaban J connectivity index is 1.83. The van der Waals surface area contributed by atoms with Crippen molar-refractivity contribution in [3.8, 4) is 5.75 Å². The van der Waals surface area contributed by atoms with E-state index in [1.165, 1.54) is 0 Å². The molecule has 1 heterocycles. The molecule has 1 aliphatic heterocycles. The second kappa shape index (κ2) is 7.71. The molecule has 0 aliphatic carbocycles. The fourth-order valence-corrected chi connectivity index (χ4v) is 4.43. The molecule has 2 aromatic carbocycles. The maximum Gasteiger partial charge on any atom is 0.241 e. The number of anilines is 1. The monoisotopic (exact) mass is 416 g/mol. The van der Waals surface area contributed by atoms with Crippen LogP contribution in [0.2, 0.25) is 0 Å². The van der Waals surface area contributed by atoms with E-state index in [9.17, 15) is 13.2 Å². The summed E-state index contributed by atoms with van der Waals surface area (Å²) >= 11 is 0. The second-order valence-corrected chi connectivity index (χ2v) is 10.2. The van der Waals surface area contributed by atoms with Crippen LogP contribution in [0.25, 0.3) is 0 Å². The maximum atomic E-state index is 12.9. The van der Waals surface area contributed by atoms with Crippen LogP contribution in [0.4, 0.5) is 5.69 Å². The number of para-hydroxylation sites is 1. The van der Waals surface area contributed by atoms with Gasteiger partial charge >= 0.3 is 0 Å². The Hall–Kier alpha value is -2.54. The van der Waals surface area contributed by atoms with E-state index in [1.807, 2.05) is 58.0 Å². The quantitative estimate of drug-likeness (QED) is 0.810. The summed E-state index contributed by atoms with van der Waals surface area (Å²) in [6.07, 6.45) is 1.71. The molecule has 6 nitrogen and oxygen atoms in total. The summed E-state index contributed by atoms with van der Waals surface area (Å²) < 4.78 is 31.9. The fourth-order valence-electron chi connectivity index (χ4n) is 3.58. The minimum absolute atomic E-state index is 0.247. The lowest BCUT2D eigenvalue weighted by Crippen LogP contribution is -2.45. The number of nitrogens with one attached hydrogen (secondary N) is 1. The Kier molecular flexibility index (Phi) is 5.63. The number of amides is 1. The first-order chi connectivity index (χ1) is 13.5. The molecule has 2 aromatic rings. The number of hydrogen-bond donors (Lipinski definition) is 1. The highest BCUT2D eigenvalue weighted by Crippen LogP contribution is 2.39. The summed E-state index contributed by atoms with van der Waals surface area (Å²) in [7, 11) is -3.62. The van der Waals surface area contributed by atoms with Gasteiger partial charge in [-0.2, -0.15) is 0 Å². The molecule has 0 fully saturated rings. The van der Waals surface area contributed by atoms with Crippen LogP contribution in [0, 0.1) is 13.8 Å². The predicted octanol–water partition coefficient (Wildman–Crippen LogP) is 3.49. The number of carbonyl (C=O) groups excluding carboxylic acids is 1. The Bertz CT molecular complexity index is 1030. The fraction of sp³-hybridized carbons (Fsp3) is 0.409. The minimum Gasteiger partial charge on any atom is -0.487 e. The number of carbonyl (C=O) groups is 1. The highest BCUT2D eigenvalue weighted by Gasteiger charge is 2.34. The molecule has 0 bridgehead atoms. The average molecular weight is 417 g/mol. The van der Waals surface area contributed by atoms with Crippen molar-refractivity contribution < 1.29 is 17.9 Å². The van der Waals surface area contributed by atoms with Gasteiger partial charge in [0.1, 0.15) is 17.9 Å². The van der Waals surface area contributed by atoms with Gasteiger partial charge in [0.25, 0.3) is 0 Å². The van der Waals surface area contributed by atoms with Crippen LogP contribution < -0.4 is 14.4 Å². The van der Waals surface area contributed by atoms with E-state index in [-0.39, 0.29) is 18.5 Å². The summed E-state index contributed by atoms with van der Waals surface area (Å²) in [6.45, 7) is 7.54. The lowest BCUT2D eigenvalue weighted by molar-refractivity contribution is -0.120. The first kappa shape index (κ1) is 21.2. The molecule has 3 rings (SSSR count). The van der Waals surface area contributed by atoms with E-state index >= 15 is 0 Å². The van der Waals surface area contributed by atoms with Crippen molar-refractivity contribution in [1.29, 1.82) is 0 Å². The van der Waals surface area contributed by atoms with Gasteiger partial charge in [0.2, 0.25) is 15.9 Å². The smallest absolute Gasteiger partial charge is 0.241 e. The highest BCUT2D eigenvalue weighted by atomic mass is 32.2. The second-order valence-electron chi connectivity index (χ2n) is 8.26. The molecule has 0 aromatic heterocycles. The number of hydrogen-bond acceptors (Lipinski definition) is 4. The molecule has 0 spiro atoms. The number of sulfonamides is 1. The third-order valence-electron chi connectivity index (χ3n) is 5.18. The predicted molar refractivity (Wildman–Crippen MR) is 115 cm³/mol. The van der Waals surface area contributed by atoms with Crippen molar-refractivity contribution in [2.24, 2.45) is 0 Å². The molecule has 1 N–H and O–H groups in total. The van der Waals surface area contributed by atoms with Gasteiger partial charge in [0, 0.05) is 12.0 Å². The highest BCUT2D eigenvalue weighted by molar-refractivity contribution is 7.92. The van der Waals surface area contributed by atoms with Crippen LogP contribution in [0.3, 0.4) is 0 Å². The van der Waals surface area contributed by atoms with Gasteiger partial charge in [-0.25, -0.2) is 8.42 Å². The first-order valence-corrected chi connectivity index (χ1v) is 11.4. The Morgan fingerprint density at radius 3 is 2.52 bits per heavy atom. The molecule has 1 atom stereocenters. The van der Waals surface area contributed by atoms with Gasteiger partial charge in [-0.3, -0.25) is 9.10 Å². The molecule has 1 aliphatic rings. The lowest BCUT2D eigenvalue weighted by Gasteiger charge is -2.38. The molecule has 0 radical (unpaired) electrons. The molecule has 0 saturated heterocycles. The Morgan fingerprint density at radius 2 is 1.86 bits per heavy atom. The number of fused-ring (bicyclic) bond motifs is 1. The molecule has 29 heavy (non-hydrogen) atoms. The first-order valence-electron chi connectivity index (χ1n) is 9.58. The average Bonchev–Trinajstić information content (AvgIpc) is 2.60. The molecule has 7 heteroatoms. The molecule has 0 unspecified atom stereocenters. The van der Waals surface area contributed by atoms with Crippen molar-refractivity contribution >= 4 is 21.6 Å². The standard InChI is InChI=1S/C22H28N2O4S/c1-15-10-11-17(12-16(15)2)24(29(5,26)27)14-21(25)23-19-13-22(3,4)28-20-9-7-6-8-18(19)20/h6-12,19H,13-14H2,1-5H3,(H,23,25)/t19-/m0/s1. The molecule has 156 valence electrons. The van der Waals surface area contributed by atoms with Gasteiger partial charge in [-0.05, 0) is 57.0 Å². The molecular weight excluding hydrogens is 388 g/mol. The topological polar surface area (TPSA) is 75.7 Å². The van der Waals surface area contributed by atoms with Crippen molar-refractivity contribution in [1.82, 2.24) is 5.32 Å². The van der Waals surface area contributed by atoms with Crippen LogP contribution in [0.1, 0.15) is 43.0 Å². The Morgan fingerprint density at radius 1 is 1.17 bits per heavy atom. The van der Waals surface area contributed by atoms with Gasteiger partial charge in [0.05, 0.1) is 18.0 Å². The van der Waals surface area contributed by atoms with Crippen LogP contribution >= 0.6 is 0 Å². The van der Waals surface area contributed by atoms with Crippen LogP contribution in [0.15, 0.2) is 42.5 Å². The zero-order valence-electron chi connectivity index (χ0n) is 17.5. The largest absolute Gasteiger partial charge is 0.487 e. The summed E-state index contributed by atoms with van der Waals surface area (Å²) in [6, 6.07) is 12.7. The maximum absolute atomic E-state index is 12.9. The van der Waals surface area contributed by atoms with Crippen molar-refractivity contribution in [2.75, 3.05) is 17.1 Å². The third-order valence-corrected chi connectivity index (χ3v) is 6.32. The van der Waals surface area contributed by atoms with Gasteiger partial charge in [-0.15, -0.1) is 0 Å². The number of nitrogens with zero attached hydrogens (tertiary/aromatic N) is 1. The van der Waals surface area contributed by atoms with Crippen molar-refractivity contribution in [2.45, 2.75) is 45.8 Å². The normalized spacial score (nSPS) is 17.8. The van der Waals surface area contributed by atoms with E-state index in [1.54, 1.807) is 12.1 Å². The number of ether oxygens (including phenoxy) is 1. The number of aryl methyl sites for hydroxylation is 2. The van der Waals surface area contributed by atoms with Crippen molar-refractivity contribution in [3.05, 3.63) is 59.2 Å². The van der Waals surface area contributed by atoms with Crippen LogP contribution in [-0.4, -0.2) is 32.7 Å². The SMILES string of the molecule is Cc1ccc(N(CC(=O)N[C@H]2CC(C)(C)Oc3ccccc32)S(C)(=O)=O)cc1C. The number of benzene rings is 2. The van der Waals surface area contributed by atoms with E-state index < -0.39 is 15.6 Å². The van der Waals surface area contributed by atoms with E-state index in [0.29, 0.717) is 12.1 Å². The van der Waals surface area contributed by atoms with E-state index in [0.717, 1.165) is 33.0 Å². The Labute approximate surface area is 172 Å². The van der Waals surface area contributed by atoms with E-state index in [4.69, 9.17) is 4.74 Å². The summed E-state index contributed by atoms with van der Waals surface area (Å²) in [5, 5.41) is 3.00. The van der Waals surface area contributed by atoms with Crippen molar-refractivity contribution in [3.63, 3.8) is 0 Å². The van der Waals surface area contributed by atoms with Crippen LogP contribution in [0.5, 0.6) is 5.75 Å². The van der Waals surface area contributed by atoms with Crippen LogP contribution in [-0.2, 0) is 14.8 Å². The zero-order valence-corrected chi connectivity index (χ0v) is 18.3. The third kappa shape index (κ3) is 4.90. The van der Waals surface area contributed by atoms with E-state index in [2.05, 4.69) is 5.32 Å². The van der Waals surface area contributed by atoms with Gasteiger partial charge < -0.3 is 10.1 Å².